The number of allylic oxidation sites excluding steroid dienone is 2. The van der Waals surface area contributed by atoms with Crippen LogP contribution in [-0.2, 0) is 19.1 Å². The summed E-state index contributed by atoms with van der Waals surface area (Å²) in [4.78, 5) is 25.6. The van der Waals surface area contributed by atoms with Crippen molar-refractivity contribution in [2.24, 2.45) is 40.4 Å². The molecule has 30 heavy (non-hydrogen) atoms. The molecular formula is C26H40O4. The van der Waals surface area contributed by atoms with Gasteiger partial charge in [-0.2, -0.15) is 0 Å². The highest BCUT2D eigenvalue weighted by Crippen LogP contribution is 2.68. The van der Waals surface area contributed by atoms with Crippen molar-refractivity contribution < 1.29 is 19.1 Å². The molecule has 168 valence electrons. The molecule has 4 nitrogen and oxygen atoms in total. The molecule has 0 aromatic heterocycles. The number of fused-ring (bicyclic) bond motifs is 4. The van der Waals surface area contributed by atoms with Crippen molar-refractivity contribution in [2.75, 3.05) is 0 Å². The molecule has 0 aromatic carbocycles. The van der Waals surface area contributed by atoms with Gasteiger partial charge < -0.3 is 9.47 Å². The van der Waals surface area contributed by atoms with Gasteiger partial charge in [-0.05, 0) is 87.4 Å². The second-order valence-electron chi connectivity index (χ2n) is 12.3. The third-order valence-electron chi connectivity index (χ3n) is 9.27. The second kappa shape index (κ2) is 7.38. The van der Waals surface area contributed by atoms with Gasteiger partial charge in [0.25, 0.3) is 0 Å². The zero-order valence-electron chi connectivity index (χ0n) is 19.7. The molecule has 0 radical (unpaired) electrons. The average Bonchev–Trinajstić information content (AvgIpc) is 3.32. The Balaban J connectivity index is 1.42. The van der Waals surface area contributed by atoms with E-state index in [1.807, 2.05) is 20.8 Å². The van der Waals surface area contributed by atoms with E-state index < -0.39 is 5.60 Å². The summed E-state index contributed by atoms with van der Waals surface area (Å²) in [6, 6.07) is 0. The highest BCUT2D eigenvalue weighted by atomic mass is 16.6. The maximum Gasteiger partial charge on any atom is 0.310 e. The number of hydrogen-bond acceptors (Lipinski definition) is 4. The van der Waals surface area contributed by atoms with E-state index in [4.69, 9.17) is 9.47 Å². The summed E-state index contributed by atoms with van der Waals surface area (Å²) in [7, 11) is 0. The van der Waals surface area contributed by atoms with Gasteiger partial charge in [-0.15, -0.1) is 0 Å². The van der Waals surface area contributed by atoms with Crippen molar-refractivity contribution in [1.82, 2.24) is 0 Å². The van der Waals surface area contributed by atoms with Crippen molar-refractivity contribution in [3.8, 4) is 0 Å². The van der Waals surface area contributed by atoms with Gasteiger partial charge in [0, 0.05) is 12.3 Å². The molecule has 4 rings (SSSR count). The number of rotatable bonds is 6. The Morgan fingerprint density at radius 3 is 2.30 bits per heavy atom. The van der Waals surface area contributed by atoms with Gasteiger partial charge in [-0.3, -0.25) is 9.59 Å². The van der Waals surface area contributed by atoms with Crippen molar-refractivity contribution in [1.29, 1.82) is 0 Å². The molecule has 0 aliphatic heterocycles. The molecule has 4 aliphatic rings. The minimum atomic E-state index is -0.524. The standard InChI is InChI=1S/C26H40O4/c1-24(2,3)30-23(28)15-21(20-12-16-7-8-17(20)11-16)29-22(27)14-19-13-18-9-10-26(19,6)25(18,4)5/h7-8,16-21H,9-15H2,1-6H3. The molecule has 0 amide bonds. The van der Waals surface area contributed by atoms with Crippen LogP contribution in [0, 0.1) is 40.4 Å². The third kappa shape index (κ3) is 3.84. The van der Waals surface area contributed by atoms with E-state index in [1.54, 1.807) is 0 Å². The SMILES string of the molecule is CC(C)(C)OC(=O)CC(OC(=O)CC1CC2CCC1(C)C2(C)C)C1CC2C=CC1C2. The smallest absolute Gasteiger partial charge is 0.310 e. The van der Waals surface area contributed by atoms with E-state index in [0.29, 0.717) is 35.5 Å². The Hall–Kier alpha value is -1.32. The Morgan fingerprint density at radius 2 is 1.80 bits per heavy atom. The highest BCUT2D eigenvalue weighted by Gasteiger charge is 2.61. The summed E-state index contributed by atoms with van der Waals surface area (Å²) in [5.74, 6) is 1.96. The molecule has 0 saturated heterocycles. The second-order valence-corrected chi connectivity index (χ2v) is 12.3. The van der Waals surface area contributed by atoms with Crippen molar-refractivity contribution in [2.45, 2.75) is 98.2 Å². The first-order valence-electron chi connectivity index (χ1n) is 12.0. The molecule has 0 N–H and O–H groups in total. The number of ether oxygens (including phenoxy) is 2. The van der Waals surface area contributed by atoms with Crippen LogP contribution in [-0.4, -0.2) is 23.6 Å². The van der Waals surface area contributed by atoms with Gasteiger partial charge in [0.1, 0.15) is 11.7 Å². The number of carbonyl (C=O) groups excluding carboxylic acids is 2. The number of hydrogen-bond donors (Lipinski definition) is 0. The average molecular weight is 417 g/mol. The Labute approximate surface area is 182 Å². The van der Waals surface area contributed by atoms with E-state index in [2.05, 4.69) is 32.9 Å². The van der Waals surface area contributed by atoms with Crippen LogP contribution < -0.4 is 0 Å². The summed E-state index contributed by atoms with van der Waals surface area (Å²) in [5, 5.41) is 0. The fourth-order valence-electron chi connectivity index (χ4n) is 7.17. The summed E-state index contributed by atoms with van der Waals surface area (Å²) in [6.07, 6.45) is 10.6. The zero-order valence-corrected chi connectivity index (χ0v) is 19.7. The molecule has 7 unspecified atom stereocenters. The molecule has 3 saturated carbocycles. The largest absolute Gasteiger partial charge is 0.461 e. The Morgan fingerprint density at radius 1 is 1.07 bits per heavy atom. The van der Waals surface area contributed by atoms with Gasteiger partial charge in [0.2, 0.25) is 0 Å². The minimum Gasteiger partial charge on any atom is -0.461 e. The molecule has 4 aliphatic carbocycles. The van der Waals surface area contributed by atoms with Crippen LogP contribution in [0.3, 0.4) is 0 Å². The van der Waals surface area contributed by atoms with Crippen LogP contribution in [0.2, 0.25) is 0 Å². The summed E-state index contributed by atoms with van der Waals surface area (Å²) in [6.45, 7) is 12.8. The highest BCUT2D eigenvalue weighted by molar-refractivity contribution is 5.73. The summed E-state index contributed by atoms with van der Waals surface area (Å²) >= 11 is 0. The van der Waals surface area contributed by atoms with Crippen LogP contribution in [0.4, 0.5) is 0 Å². The predicted octanol–water partition coefficient (Wildman–Crippen LogP) is 5.69. The van der Waals surface area contributed by atoms with E-state index in [9.17, 15) is 9.59 Å². The first-order chi connectivity index (χ1) is 13.9. The fourth-order valence-corrected chi connectivity index (χ4v) is 7.17. The van der Waals surface area contributed by atoms with Gasteiger partial charge in [0.05, 0.1) is 6.42 Å². The molecule has 0 aromatic rings. The molecule has 4 bridgehead atoms. The van der Waals surface area contributed by atoms with Crippen molar-refractivity contribution in [3.05, 3.63) is 12.2 Å². The molecule has 4 heteroatoms. The lowest BCUT2D eigenvalue weighted by Crippen LogP contribution is -2.37. The Kier molecular flexibility index (Phi) is 5.38. The normalized spacial score (nSPS) is 39.3. The number of esters is 2. The molecule has 0 heterocycles. The first kappa shape index (κ1) is 21.9. The topological polar surface area (TPSA) is 52.6 Å². The van der Waals surface area contributed by atoms with E-state index in [-0.39, 0.29) is 35.8 Å². The summed E-state index contributed by atoms with van der Waals surface area (Å²) < 4.78 is 11.6. The van der Waals surface area contributed by atoms with Crippen LogP contribution in [0.25, 0.3) is 0 Å². The summed E-state index contributed by atoms with van der Waals surface area (Å²) in [5.41, 5.74) is -0.0146. The maximum atomic E-state index is 13.1. The lowest BCUT2D eigenvalue weighted by atomic mass is 9.66. The maximum absolute atomic E-state index is 13.1. The molecular weight excluding hydrogens is 376 g/mol. The molecule has 3 fully saturated rings. The lowest BCUT2D eigenvalue weighted by molar-refractivity contribution is -0.165. The predicted molar refractivity (Wildman–Crippen MR) is 117 cm³/mol. The van der Waals surface area contributed by atoms with Crippen molar-refractivity contribution in [3.63, 3.8) is 0 Å². The van der Waals surface area contributed by atoms with Gasteiger partial charge in [0.15, 0.2) is 0 Å². The minimum absolute atomic E-state index is 0.120. The molecule has 7 atom stereocenters. The third-order valence-corrected chi connectivity index (χ3v) is 9.27. The van der Waals surface area contributed by atoms with E-state index in [1.165, 1.54) is 12.8 Å². The quantitative estimate of drug-likeness (QED) is 0.412. The van der Waals surface area contributed by atoms with Crippen LogP contribution in [0.5, 0.6) is 0 Å². The Bertz CT molecular complexity index is 730. The van der Waals surface area contributed by atoms with Gasteiger partial charge in [-0.1, -0.05) is 32.9 Å². The van der Waals surface area contributed by atoms with Gasteiger partial charge in [-0.25, -0.2) is 0 Å². The number of carbonyl (C=O) groups is 2. The van der Waals surface area contributed by atoms with Crippen molar-refractivity contribution >= 4 is 11.9 Å². The van der Waals surface area contributed by atoms with Crippen LogP contribution in [0.15, 0.2) is 12.2 Å². The zero-order chi connectivity index (χ0) is 21.9. The van der Waals surface area contributed by atoms with Crippen LogP contribution in [0.1, 0.15) is 86.5 Å². The molecule has 0 spiro atoms. The fraction of sp³-hybridized carbons (Fsp3) is 0.846. The van der Waals surface area contributed by atoms with E-state index in [0.717, 1.165) is 19.3 Å². The monoisotopic (exact) mass is 416 g/mol. The van der Waals surface area contributed by atoms with Gasteiger partial charge >= 0.3 is 11.9 Å². The first-order valence-corrected chi connectivity index (χ1v) is 12.0. The van der Waals surface area contributed by atoms with E-state index >= 15 is 0 Å². The lowest BCUT2D eigenvalue weighted by Gasteiger charge is -2.39. The van der Waals surface area contributed by atoms with Crippen LogP contribution >= 0.6 is 0 Å².